The second-order valence-corrected chi connectivity index (χ2v) is 4.86. The highest BCUT2D eigenvalue weighted by Gasteiger charge is 2.45. The van der Waals surface area contributed by atoms with Crippen molar-refractivity contribution in [3.05, 3.63) is 47.7 Å². The van der Waals surface area contributed by atoms with E-state index in [1.807, 2.05) is 0 Å². The number of hydrogen-bond donors (Lipinski definition) is 0. The van der Waals surface area contributed by atoms with Crippen LogP contribution >= 0.6 is 0 Å². The Hall–Kier alpha value is -1.24. The van der Waals surface area contributed by atoms with Gasteiger partial charge in [-0.1, -0.05) is 30.4 Å². The lowest BCUT2D eigenvalue weighted by Gasteiger charge is -2.37. The molecule has 1 nitrogen and oxygen atoms in total. The first-order valence-corrected chi connectivity index (χ1v) is 5.73. The van der Waals surface area contributed by atoms with Gasteiger partial charge >= 0.3 is 0 Å². The molecule has 0 saturated heterocycles. The van der Waals surface area contributed by atoms with E-state index in [9.17, 15) is 0 Å². The maximum Gasteiger partial charge on any atom is 0.0657 e. The zero-order valence-electron chi connectivity index (χ0n) is 9.40. The summed E-state index contributed by atoms with van der Waals surface area (Å²) in [6.45, 7) is 2.34. The highest BCUT2D eigenvalue weighted by Crippen LogP contribution is 2.47. The summed E-state index contributed by atoms with van der Waals surface area (Å²) in [6, 6.07) is 0. The summed E-state index contributed by atoms with van der Waals surface area (Å²) in [4.78, 5) is 2.43. The van der Waals surface area contributed by atoms with Crippen LogP contribution in [0.5, 0.6) is 0 Å². The smallest absolute Gasteiger partial charge is 0.0657 e. The maximum absolute atomic E-state index is 2.43. The van der Waals surface area contributed by atoms with Crippen LogP contribution in [0.3, 0.4) is 0 Å². The van der Waals surface area contributed by atoms with E-state index in [2.05, 4.69) is 55.3 Å². The minimum absolute atomic E-state index is 0.175. The van der Waals surface area contributed by atoms with Gasteiger partial charge < -0.3 is 4.90 Å². The van der Waals surface area contributed by atoms with Gasteiger partial charge in [-0.05, 0) is 31.4 Å². The van der Waals surface area contributed by atoms with Crippen molar-refractivity contribution in [2.75, 3.05) is 7.05 Å². The molecular formula is C14H17N. The van der Waals surface area contributed by atoms with Gasteiger partial charge in [-0.3, -0.25) is 0 Å². The summed E-state index contributed by atoms with van der Waals surface area (Å²) < 4.78 is 0. The topological polar surface area (TPSA) is 3.24 Å². The monoisotopic (exact) mass is 199 g/mol. The fourth-order valence-electron chi connectivity index (χ4n) is 3.08. The molecule has 0 radical (unpaired) electrons. The molecule has 1 heterocycles. The molecule has 1 aliphatic heterocycles. The lowest BCUT2D eigenvalue weighted by atomic mass is 9.78. The largest absolute Gasteiger partial charge is 0.365 e. The van der Waals surface area contributed by atoms with E-state index in [1.54, 1.807) is 5.57 Å². The van der Waals surface area contributed by atoms with E-state index < -0.39 is 0 Å². The van der Waals surface area contributed by atoms with Crippen molar-refractivity contribution in [3.63, 3.8) is 0 Å². The van der Waals surface area contributed by atoms with Crippen LogP contribution in [-0.2, 0) is 0 Å². The highest BCUT2D eigenvalue weighted by atomic mass is 15.2. The summed E-state index contributed by atoms with van der Waals surface area (Å²) in [5.41, 5.74) is 3.25. The summed E-state index contributed by atoms with van der Waals surface area (Å²) in [7, 11) is 2.22. The molecule has 3 rings (SSSR count). The van der Waals surface area contributed by atoms with Crippen molar-refractivity contribution in [1.82, 2.24) is 4.90 Å². The lowest BCUT2D eigenvalue weighted by molar-refractivity contribution is 0.239. The Morgan fingerprint density at radius 3 is 3.13 bits per heavy atom. The van der Waals surface area contributed by atoms with Gasteiger partial charge in [-0.15, -0.1) is 0 Å². The molecule has 3 aliphatic rings. The molecule has 0 N–H and O–H groups in total. The third kappa shape index (κ3) is 1.04. The summed E-state index contributed by atoms with van der Waals surface area (Å²) >= 11 is 0. The minimum atomic E-state index is 0.175. The van der Waals surface area contributed by atoms with Crippen molar-refractivity contribution >= 4 is 0 Å². The van der Waals surface area contributed by atoms with E-state index >= 15 is 0 Å². The predicted molar refractivity (Wildman–Crippen MR) is 63.3 cm³/mol. The average molecular weight is 199 g/mol. The van der Waals surface area contributed by atoms with Crippen molar-refractivity contribution in [3.8, 4) is 0 Å². The SMILES string of the molecule is CN1C2=C(CCC=C2)C2C=CC=CC21C. The van der Waals surface area contributed by atoms with Crippen LogP contribution < -0.4 is 0 Å². The third-order valence-corrected chi connectivity index (χ3v) is 4.12. The molecule has 78 valence electrons. The molecule has 0 aromatic rings. The molecule has 0 aromatic carbocycles. The molecule has 0 spiro atoms. The maximum atomic E-state index is 2.43. The van der Waals surface area contributed by atoms with Crippen LogP contribution in [0, 0.1) is 5.92 Å². The van der Waals surface area contributed by atoms with Crippen LogP contribution in [-0.4, -0.2) is 17.5 Å². The van der Waals surface area contributed by atoms with Crippen molar-refractivity contribution < 1.29 is 0 Å². The third-order valence-electron chi connectivity index (χ3n) is 4.12. The zero-order valence-corrected chi connectivity index (χ0v) is 9.40. The zero-order chi connectivity index (χ0) is 10.5. The molecule has 15 heavy (non-hydrogen) atoms. The number of allylic oxidation sites excluding steroid dienone is 4. The Balaban J connectivity index is 2.12. The minimum Gasteiger partial charge on any atom is -0.365 e. The Bertz CT molecular complexity index is 411. The quantitative estimate of drug-likeness (QED) is 0.579. The van der Waals surface area contributed by atoms with Crippen molar-refractivity contribution in [2.24, 2.45) is 5.92 Å². The molecule has 0 aromatic heterocycles. The summed E-state index contributed by atoms with van der Waals surface area (Å²) in [5, 5.41) is 0. The number of rotatable bonds is 0. The molecule has 1 heteroatoms. The molecule has 2 atom stereocenters. The highest BCUT2D eigenvalue weighted by molar-refractivity contribution is 5.45. The molecule has 0 amide bonds. The van der Waals surface area contributed by atoms with Crippen LogP contribution in [0.25, 0.3) is 0 Å². The van der Waals surface area contributed by atoms with Gasteiger partial charge in [0.2, 0.25) is 0 Å². The molecule has 0 bridgehead atoms. The van der Waals surface area contributed by atoms with Crippen LogP contribution in [0.2, 0.25) is 0 Å². The van der Waals surface area contributed by atoms with Crippen LogP contribution in [0.4, 0.5) is 0 Å². The number of nitrogens with zero attached hydrogens (tertiary/aromatic N) is 1. The Kier molecular flexibility index (Phi) is 1.73. The van der Waals surface area contributed by atoms with Crippen LogP contribution in [0.1, 0.15) is 19.8 Å². The molecule has 0 saturated carbocycles. The predicted octanol–water partition coefficient (Wildman–Crippen LogP) is 3.04. The standard InChI is InChI=1S/C14H17N/c1-14-10-6-5-8-12(14)11-7-3-4-9-13(11)15(14)2/h4-6,8-10,12H,3,7H2,1-2H3. The van der Waals surface area contributed by atoms with E-state index in [4.69, 9.17) is 0 Å². The summed E-state index contributed by atoms with van der Waals surface area (Å²) in [5.74, 6) is 0.590. The van der Waals surface area contributed by atoms with Gasteiger partial charge in [0.05, 0.1) is 5.54 Å². The fourth-order valence-corrected chi connectivity index (χ4v) is 3.08. The average Bonchev–Trinajstić information content (AvgIpc) is 2.50. The van der Waals surface area contributed by atoms with Crippen molar-refractivity contribution in [1.29, 1.82) is 0 Å². The Morgan fingerprint density at radius 1 is 1.40 bits per heavy atom. The first kappa shape index (κ1) is 9.02. The molecular weight excluding hydrogens is 182 g/mol. The van der Waals surface area contributed by atoms with E-state index in [-0.39, 0.29) is 5.54 Å². The fraction of sp³-hybridized carbons (Fsp3) is 0.429. The second-order valence-electron chi connectivity index (χ2n) is 4.86. The normalized spacial score (nSPS) is 37.2. The molecule has 2 unspecified atom stereocenters. The van der Waals surface area contributed by atoms with Crippen LogP contribution in [0.15, 0.2) is 47.7 Å². The van der Waals surface area contributed by atoms with Gasteiger partial charge in [0.1, 0.15) is 0 Å². The first-order valence-electron chi connectivity index (χ1n) is 5.73. The Morgan fingerprint density at radius 2 is 2.27 bits per heavy atom. The lowest BCUT2D eigenvalue weighted by Crippen LogP contribution is -2.42. The van der Waals surface area contributed by atoms with Gasteiger partial charge in [-0.2, -0.15) is 0 Å². The number of fused-ring (bicyclic) bond motifs is 2. The van der Waals surface area contributed by atoms with Crippen molar-refractivity contribution in [2.45, 2.75) is 25.3 Å². The molecule has 0 fully saturated rings. The van der Waals surface area contributed by atoms with E-state index in [0.29, 0.717) is 5.92 Å². The summed E-state index contributed by atoms with van der Waals surface area (Å²) in [6.07, 6.45) is 16.1. The van der Waals surface area contributed by atoms with E-state index in [1.165, 1.54) is 18.5 Å². The van der Waals surface area contributed by atoms with Gasteiger partial charge in [-0.25, -0.2) is 0 Å². The Labute approximate surface area is 91.5 Å². The number of likely N-dealkylation sites (N-methyl/N-ethyl adjacent to an activating group) is 1. The van der Waals surface area contributed by atoms with Gasteiger partial charge in [0.25, 0.3) is 0 Å². The number of hydrogen-bond acceptors (Lipinski definition) is 1. The first-order chi connectivity index (χ1) is 7.23. The van der Waals surface area contributed by atoms with Gasteiger partial charge in [0, 0.05) is 18.7 Å². The van der Waals surface area contributed by atoms with E-state index in [0.717, 1.165) is 0 Å². The second kappa shape index (κ2) is 2.88. The molecule has 2 aliphatic carbocycles. The van der Waals surface area contributed by atoms with Gasteiger partial charge in [0.15, 0.2) is 0 Å².